The van der Waals surface area contributed by atoms with Crippen LogP contribution < -0.4 is 0 Å². The Hall–Kier alpha value is -1.10. The van der Waals surface area contributed by atoms with Gasteiger partial charge in [0.15, 0.2) is 0 Å². The number of hydrogen-bond acceptors (Lipinski definition) is 3. The molecule has 0 N–H and O–H groups in total. The van der Waals surface area contributed by atoms with Crippen LogP contribution in [0.15, 0.2) is 23.6 Å². The summed E-state index contributed by atoms with van der Waals surface area (Å²) in [5.74, 6) is 1.21. The molecule has 0 spiro atoms. The highest BCUT2D eigenvalue weighted by molar-refractivity contribution is 7.09. The van der Waals surface area contributed by atoms with Crippen molar-refractivity contribution in [3.8, 4) is 0 Å². The number of alkyl halides is 1. The van der Waals surface area contributed by atoms with Crippen molar-refractivity contribution in [3.63, 3.8) is 0 Å². The van der Waals surface area contributed by atoms with Crippen LogP contribution in [0.1, 0.15) is 16.5 Å². The maximum Gasteiger partial charge on any atom is 0.125 e. The highest BCUT2D eigenvalue weighted by atomic mass is 35.5. The van der Waals surface area contributed by atoms with Gasteiger partial charge in [-0.3, -0.25) is 0 Å². The van der Waals surface area contributed by atoms with E-state index in [1.807, 2.05) is 25.1 Å². The lowest BCUT2D eigenvalue weighted by Crippen LogP contribution is -2.04. The Labute approximate surface area is 124 Å². The number of nitrogens with zero attached hydrogens (tertiary/aromatic N) is 3. The molecule has 0 aliphatic heterocycles. The largest absolute Gasteiger partial charge is 0.321 e. The lowest BCUT2D eigenvalue weighted by atomic mass is 10.3. The smallest absolute Gasteiger partial charge is 0.125 e. The van der Waals surface area contributed by atoms with Crippen LogP contribution in [-0.4, -0.2) is 14.5 Å². The molecule has 2 aromatic heterocycles. The second-order valence-corrected chi connectivity index (χ2v) is 6.00. The number of aromatic nitrogens is 3. The average Bonchev–Trinajstić information content (AvgIpc) is 2.94. The molecule has 3 rings (SSSR count). The summed E-state index contributed by atoms with van der Waals surface area (Å²) in [6.45, 7) is 2.67. The number of halogens is 2. The molecule has 0 fully saturated rings. The summed E-state index contributed by atoms with van der Waals surface area (Å²) in [7, 11) is 0. The van der Waals surface area contributed by atoms with E-state index in [2.05, 4.69) is 19.9 Å². The first-order chi connectivity index (χ1) is 9.17. The molecular weight excluding hydrogens is 301 g/mol. The van der Waals surface area contributed by atoms with Gasteiger partial charge in [-0.1, -0.05) is 11.6 Å². The van der Waals surface area contributed by atoms with Gasteiger partial charge in [-0.15, -0.1) is 22.9 Å². The molecule has 2 heterocycles. The van der Waals surface area contributed by atoms with Gasteiger partial charge in [0.05, 0.1) is 34.2 Å². The zero-order valence-corrected chi connectivity index (χ0v) is 12.6. The van der Waals surface area contributed by atoms with Crippen LogP contribution in [0.25, 0.3) is 11.0 Å². The second-order valence-electron chi connectivity index (χ2n) is 4.24. The van der Waals surface area contributed by atoms with Crippen molar-refractivity contribution in [2.24, 2.45) is 0 Å². The van der Waals surface area contributed by atoms with Crippen LogP contribution >= 0.6 is 34.5 Å². The first kappa shape index (κ1) is 12.9. The van der Waals surface area contributed by atoms with Crippen molar-refractivity contribution in [1.82, 2.24) is 14.5 Å². The summed E-state index contributed by atoms with van der Waals surface area (Å²) in [5.41, 5.74) is 2.92. The average molecular weight is 312 g/mol. The van der Waals surface area contributed by atoms with Gasteiger partial charge in [0.2, 0.25) is 0 Å². The molecule has 3 nitrogen and oxygen atoms in total. The van der Waals surface area contributed by atoms with Crippen LogP contribution in [0.5, 0.6) is 0 Å². The van der Waals surface area contributed by atoms with Gasteiger partial charge in [0.1, 0.15) is 5.82 Å². The third kappa shape index (κ3) is 2.48. The molecule has 0 aliphatic carbocycles. The van der Waals surface area contributed by atoms with E-state index >= 15 is 0 Å². The van der Waals surface area contributed by atoms with E-state index in [0.717, 1.165) is 27.6 Å². The summed E-state index contributed by atoms with van der Waals surface area (Å²) in [4.78, 5) is 9.01. The predicted molar refractivity (Wildman–Crippen MR) is 80.3 cm³/mol. The normalized spacial score (nSPS) is 11.3. The Kier molecular flexibility index (Phi) is 3.48. The van der Waals surface area contributed by atoms with Gasteiger partial charge < -0.3 is 4.57 Å². The van der Waals surface area contributed by atoms with Crippen LogP contribution in [0, 0.1) is 6.92 Å². The monoisotopic (exact) mass is 311 g/mol. The van der Waals surface area contributed by atoms with E-state index in [4.69, 9.17) is 23.2 Å². The second kappa shape index (κ2) is 5.12. The molecule has 0 saturated heterocycles. The van der Waals surface area contributed by atoms with Crippen molar-refractivity contribution < 1.29 is 0 Å². The highest BCUT2D eigenvalue weighted by Crippen LogP contribution is 2.23. The number of imidazole rings is 1. The van der Waals surface area contributed by atoms with E-state index < -0.39 is 0 Å². The Balaban J connectivity index is 2.12. The predicted octanol–water partition coefficient (Wildman–Crippen LogP) is 4.24. The molecule has 0 amide bonds. The Morgan fingerprint density at radius 1 is 1.32 bits per heavy atom. The van der Waals surface area contributed by atoms with E-state index in [9.17, 15) is 0 Å². The fourth-order valence-electron chi connectivity index (χ4n) is 2.07. The number of fused-ring (bicyclic) bond motifs is 1. The summed E-state index contributed by atoms with van der Waals surface area (Å²) < 4.78 is 2.07. The standard InChI is InChI=1S/C13H11Cl2N3S/c1-8-16-10(7-19-8)6-18-12-4-9(15)2-3-11(12)17-13(18)5-14/h2-4,7H,5-6H2,1H3. The maximum absolute atomic E-state index is 6.06. The Morgan fingerprint density at radius 3 is 2.84 bits per heavy atom. The summed E-state index contributed by atoms with van der Waals surface area (Å²) in [5, 5.41) is 3.82. The SMILES string of the molecule is Cc1nc(Cn2c(CCl)nc3ccc(Cl)cc32)cs1. The van der Waals surface area contributed by atoms with E-state index in [0.29, 0.717) is 17.4 Å². The Morgan fingerprint density at radius 2 is 2.16 bits per heavy atom. The van der Waals surface area contributed by atoms with Crippen LogP contribution in [0.2, 0.25) is 5.02 Å². The molecular formula is C13H11Cl2N3S. The number of hydrogen-bond donors (Lipinski definition) is 0. The zero-order valence-electron chi connectivity index (χ0n) is 10.2. The summed E-state index contributed by atoms with van der Waals surface area (Å²) >= 11 is 13.7. The summed E-state index contributed by atoms with van der Waals surface area (Å²) in [6.07, 6.45) is 0. The van der Waals surface area contributed by atoms with Crippen molar-refractivity contribution in [2.75, 3.05) is 0 Å². The van der Waals surface area contributed by atoms with Crippen LogP contribution in [0.4, 0.5) is 0 Å². The molecule has 6 heteroatoms. The first-order valence-electron chi connectivity index (χ1n) is 5.79. The third-order valence-electron chi connectivity index (χ3n) is 2.90. The van der Waals surface area contributed by atoms with Gasteiger partial charge in [0, 0.05) is 10.4 Å². The zero-order chi connectivity index (χ0) is 13.4. The number of thiazole rings is 1. The van der Waals surface area contributed by atoms with Crippen molar-refractivity contribution in [2.45, 2.75) is 19.3 Å². The van der Waals surface area contributed by atoms with Gasteiger partial charge >= 0.3 is 0 Å². The van der Waals surface area contributed by atoms with Crippen LogP contribution in [-0.2, 0) is 12.4 Å². The minimum atomic E-state index is 0.370. The molecule has 0 saturated carbocycles. The fourth-order valence-corrected chi connectivity index (χ4v) is 3.04. The minimum absolute atomic E-state index is 0.370. The van der Waals surface area contributed by atoms with Gasteiger partial charge in [0.25, 0.3) is 0 Å². The number of rotatable bonds is 3. The first-order valence-corrected chi connectivity index (χ1v) is 7.58. The fraction of sp³-hybridized carbons (Fsp3) is 0.231. The lowest BCUT2D eigenvalue weighted by Gasteiger charge is -2.05. The lowest BCUT2D eigenvalue weighted by molar-refractivity contribution is 0.761. The molecule has 0 unspecified atom stereocenters. The third-order valence-corrected chi connectivity index (χ3v) is 4.19. The quantitative estimate of drug-likeness (QED) is 0.677. The van der Waals surface area contributed by atoms with Crippen molar-refractivity contribution >= 4 is 45.6 Å². The van der Waals surface area contributed by atoms with Gasteiger partial charge in [-0.2, -0.15) is 0 Å². The highest BCUT2D eigenvalue weighted by Gasteiger charge is 2.12. The molecule has 98 valence electrons. The minimum Gasteiger partial charge on any atom is -0.321 e. The van der Waals surface area contributed by atoms with Gasteiger partial charge in [-0.25, -0.2) is 9.97 Å². The van der Waals surface area contributed by atoms with Gasteiger partial charge in [-0.05, 0) is 25.1 Å². The summed E-state index contributed by atoms with van der Waals surface area (Å²) in [6, 6.07) is 5.67. The molecule has 0 bridgehead atoms. The molecule has 1 aromatic carbocycles. The van der Waals surface area contributed by atoms with Crippen molar-refractivity contribution in [3.05, 3.63) is 45.1 Å². The Bertz CT molecular complexity index is 733. The van der Waals surface area contributed by atoms with E-state index in [1.54, 1.807) is 11.3 Å². The molecule has 0 atom stereocenters. The maximum atomic E-state index is 6.06. The molecule has 19 heavy (non-hydrogen) atoms. The number of benzene rings is 1. The topological polar surface area (TPSA) is 30.7 Å². The molecule has 0 aliphatic rings. The van der Waals surface area contributed by atoms with E-state index in [1.165, 1.54) is 0 Å². The van der Waals surface area contributed by atoms with Crippen LogP contribution in [0.3, 0.4) is 0 Å². The van der Waals surface area contributed by atoms with E-state index in [-0.39, 0.29) is 0 Å². The molecule has 0 radical (unpaired) electrons. The molecule has 3 aromatic rings. The van der Waals surface area contributed by atoms with Crippen molar-refractivity contribution in [1.29, 1.82) is 0 Å². The number of aryl methyl sites for hydroxylation is 1.